The van der Waals surface area contributed by atoms with Crippen LogP contribution in [0.2, 0.25) is 0 Å². The maximum absolute atomic E-state index is 11.8. The van der Waals surface area contributed by atoms with Gasteiger partial charge in [0, 0.05) is 17.0 Å². The van der Waals surface area contributed by atoms with Gasteiger partial charge in [-0.1, -0.05) is 12.1 Å². The molecule has 1 atom stereocenters. The maximum Gasteiger partial charge on any atom is 0.237 e. The zero-order valence-electron chi connectivity index (χ0n) is 10.5. The van der Waals surface area contributed by atoms with Crippen molar-refractivity contribution >= 4 is 29.1 Å². The Labute approximate surface area is 111 Å². The molecule has 0 aromatic heterocycles. The molecule has 0 saturated carbocycles. The Morgan fingerprint density at radius 3 is 2.78 bits per heavy atom. The predicted molar refractivity (Wildman–Crippen MR) is 74.1 cm³/mol. The van der Waals surface area contributed by atoms with Crippen molar-refractivity contribution in [1.82, 2.24) is 0 Å². The normalized spacial score (nSPS) is 11.9. The monoisotopic (exact) mass is 267 g/mol. The van der Waals surface area contributed by atoms with Crippen LogP contribution in [0.5, 0.6) is 0 Å². The van der Waals surface area contributed by atoms with E-state index in [2.05, 4.69) is 5.32 Å². The molecular weight excluding hydrogens is 250 g/mol. The van der Waals surface area contributed by atoms with Crippen molar-refractivity contribution in [2.75, 3.05) is 17.7 Å². The van der Waals surface area contributed by atoms with E-state index < -0.39 is 0 Å². The van der Waals surface area contributed by atoms with Crippen LogP contribution in [0.3, 0.4) is 0 Å². The van der Waals surface area contributed by atoms with Gasteiger partial charge < -0.3 is 10.4 Å². The minimum atomic E-state index is -0.238. The molecule has 0 bridgehead atoms. The van der Waals surface area contributed by atoms with E-state index in [0.29, 0.717) is 17.0 Å². The van der Waals surface area contributed by atoms with Crippen LogP contribution in [-0.2, 0) is 4.79 Å². The quantitative estimate of drug-likeness (QED) is 0.773. The lowest BCUT2D eigenvalue weighted by atomic mass is 10.1. The van der Waals surface area contributed by atoms with E-state index in [1.165, 1.54) is 18.7 Å². The molecule has 1 aromatic carbocycles. The topological polar surface area (TPSA) is 66.4 Å². The van der Waals surface area contributed by atoms with Crippen LogP contribution in [0.25, 0.3) is 0 Å². The number of Topliss-reactive ketones (excluding diaryl/α,β-unsaturated/α-hetero) is 1. The molecule has 2 N–H and O–H groups in total. The number of hydrogen-bond acceptors (Lipinski definition) is 4. The minimum absolute atomic E-state index is 0.0335. The van der Waals surface area contributed by atoms with Crippen molar-refractivity contribution in [1.29, 1.82) is 0 Å². The molecule has 1 amide bonds. The van der Waals surface area contributed by atoms with Gasteiger partial charge in [0.2, 0.25) is 5.91 Å². The summed E-state index contributed by atoms with van der Waals surface area (Å²) in [5, 5.41) is 11.2. The summed E-state index contributed by atoms with van der Waals surface area (Å²) in [6, 6.07) is 6.84. The van der Waals surface area contributed by atoms with Gasteiger partial charge in [-0.25, -0.2) is 0 Å². The number of carbonyl (C=O) groups is 2. The average Bonchev–Trinajstić information content (AvgIpc) is 2.36. The SMILES string of the molecule is CC(=O)c1cccc(NC(=O)[C@@H](C)SCCO)c1. The van der Waals surface area contributed by atoms with E-state index in [9.17, 15) is 9.59 Å². The van der Waals surface area contributed by atoms with Crippen LogP contribution in [-0.4, -0.2) is 34.4 Å². The van der Waals surface area contributed by atoms with Crippen molar-refractivity contribution < 1.29 is 14.7 Å². The number of benzene rings is 1. The van der Waals surface area contributed by atoms with Crippen LogP contribution in [0.1, 0.15) is 24.2 Å². The lowest BCUT2D eigenvalue weighted by molar-refractivity contribution is -0.115. The molecule has 18 heavy (non-hydrogen) atoms. The fraction of sp³-hybridized carbons (Fsp3) is 0.385. The first-order valence-corrected chi connectivity index (χ1v) is 6.74. The van der Waals surface area contributed by atoms with Crippen molar-refractivity contribution in [2.24, 2.45) is 0 Å². The third kappa shape index (κ3) is 4.50. The number of anilines is 1. The smallest absolute Gasteiger partial charge is 0.237 e. The van der Waals surface area contributed by atoms with E-state index in [4.69, 9.17) is 5.11 Å². The van der Waals surface area contributed by atoms with E-state index in [0.717, 1.165) is 0 Å². The summed E-state index contributed by atoms with van der Waals surface area (Å²) in [5.41, 5.74) is 1.19. The lowest BCUT2D eigenvalue weighted by Crippen LogP contribution is -2.23. The number of carbonyl (C=O) groups excluding carboxylic acids is 2. The Morgan fingerprint density at radius 2 is 2.17 bits per heavy atom. The molecule has 0 spiro atoms. The molecule has 0 unspecified atom stereocenters. The maximum atomic E-state index is 11.8. The largest absolute Gasteiger partial charge is 0.396 e. The molecule has 1 aromatic rings. The predicted octanol–water partition coefficient (Wildman–Crippen LogP) is 1.94. The average molecular weight is 267 g/mol. The van der Waals surface area contributed by atoms with E-state index >= 15 is 0 Å². The Bertz CT molecular complexity index is 434. The van der Waals surface area contributed by atoms with Gasteiger partial charge >= 0.3 is 0 Å². The number of aliphatic hydroxyl groups excluding tert-OH is 1. The van der Waals surface area contributed by atoms with Gasteiger partial charge in [-0.3, -0.25) is 9.59 Å². The van der Waals surface area contributed by atoms with Crippen LogP contribution < -0.4 is 5.32 Å². The van der Waals surface area contributed by atoms with Gasteiger partial charge in [0.1, 0.15) is 0 Å². The third-order valence-corrected chi connectivity index (χ3v) is 3.50. The van der Waals surface area contributed by atoms with Gasteiger partial charge in [0.25, 0.3) is 0 Å². The lowest BCUT2D eigenvalue weighted by Gasteiger charge is -2.11. The minimum Gasteiger partial charge on any atom is -0.396 e. The molecule has 0 aliphatic heterocycles. The second-order valence-electron chi connectivity index (χ2n) is 3.86. The molecule has 98 valence electrons. The first-order chi connectivity index (χ1) is 8.54. The Balaban J connectivity index is 2.64. The van der Waals surface area contributed by atoms with Gasteiger partial charge in [-0.2, -0.15) is 0 Å². The molecule has 0 aliphatic rings. The van der Waals surface area contributed by atoms with Gasteiger partial charge in [0.15, 0.2) is 5.78 Å². The number of nitrogens with one attached hydrogen (secondary N) is 1. The number of amides is 1. The van der Waals surface area contributed by atoms with Gasteiger partial charge in [-0.15, -0.1) is 11.8 Å². The summed E-state index contributed by atoms with van der Waals surface area (Å²) >= 11 is 1.39. The van der Waals surface area contributed by atoms with E-state index in [1.54, 1.807) is 31.2 Å². The zero-order chi connectivity index (χ0) is 13.5. The van der Waals surface area contributed by atoms with Gasteiger partial charge in [0.05, 0.1) is 11.9 Å². The second-order valence-corrected chi connectivity index (χ2v) is 5.31. The fourth-order valence-electron chi connectivity index (χ4n) is 1.36. The standard InChI is InChI=1S/C13H17NO3S/c1-9(16)11-4-3-5-12(8-11)14-13(17)10(2)18-7-6-15/h3-5,8,10,15H,6-7H2,1-2H3,(H,14,17)/t10-/m1/s1. The molecule has 0 heterocycles. The summed E-state index contributed by atoms with van der Waals surface area (Å²) in [6.45, 7) is 3.33. The first-order valence-electron chi connectivity index (χ1n) is 5.69. The van der Waals surface area contributed by atoms with E-state index in [-0.39, 0.29) is 23.5 Å². The van der Waals surface area contributed by atoms with Crippen molar-refractivity contribution in [2.45, 2.75) is 19.1 Å². The molecule has 0 fully saturated rings. The zero-order valence-corrected chi connectivity index (χ0v) is 11.3. The summed E-state index contributed by atoms with van der Waals surface area (Å²) in [7, 11) is 0. The van der Waals surface area contributed by atoms with Crippen molar-refractivity contribution in [3.63, 3.8) is 0 Å². The molecule has 1 rings (SSSR count). The second kappa shape index (κ2) is 7.18. The molecular formula is C13H17NO3S. The molecule has 5 heteroatoms. The van der Waals surface area contributed by atoms with E-state index in [1.807, 2.05) is 0 Å². The number of hydrogen-bond donors (Lipinski definition) is 2. The highest BCUT2D eigenvalue weighted by atomic mass is 32.2. The van der Waals surface area contributed by atoms with Crippen LogP contribution >= 0.6 is 11.8 Å². The van der Waals surface area contributed by atoms with Crippen LogP contribution in [0.4, 0.5) is 5.69 Å². The molecule has 0 aliphatic carbocycles. The Morgan fingerprint density at radius 1 is 1.44 bits per heavy atom. The van der Waals surface area contributed by atoms with Gasteiger partial charge in [-0.05, 0) is 26.0 Å². The molecule has 0 radical (unpaired) electrons. The summed E-state index contributed by atoms with van der Waals surface area (Å²) in [4.78, 5) is 23.0. The van der Waals surface area contributed by atoms with Crippen molar-refractivity contribution in [3.8, 4) is 0 Å². The number of ketones is 1. The van der Waals surface area contributed by atoms with Crippen LogP contribution in [0.15, 0.2) is 24.3 Å². The summed E-state index contributed by atoms with van der Waals surface area (Å²) in [5.74, 6) is 0.366. The van der Waals surface area contributed by atoms with Crippen molar-refractivity contribution in [3.05, 3.63) is 29.8 Å². The molecule has 0 saturated heterocycles. The number of thioether (sulfide) groups is 1. The highest BCUT2D eigenvalue weighted by Crippen LogP contribution is 2.15. The number of aliphatic hydroxyl groups is 1. The number of rotatable bonds is 6. The summed E-state index contributed by atoms with van der Waals surface area (Å²) in [6.07, 6.45) is 0. The molecule has 4 nitrogen and oxygen atoms in total. The third-order valence-electron chi connectivity index (χ3n) is 2.36. The first kappa shape index (κ1) is 14.7. The Hall–Kier alpha value is -1.33. The Kier molecular flexibility index (Phi) is 5.88. The highest BCUT2D eigenvalue weighted by Gasteiger charge is 2.13. The van der Waals surface area contributed by atoms with Crippen LogP contribution in [0, 0.1) is 0 Å². The fourth-order valence-corrected chi connectivity index (χ4v) is 2.03. The highest BCUT2D eigenvalue weighted by molar-refractivity contribution is 8.00. The summed E-state index contributed by atoms with van der Waals surface area (Å²) < 4.78 is 0.